The van der Waals surface area contributed by atoms with Crippen LogP contribution < -0.4 is 4.90 Å². The van der Waals surface area contributed by atoms with Gasteiger partial charge in [0.25, 0.3) is 0 Å². The second-order valence-corrected chi connectivity index (χ2v) is 9.87. The van der Waals surface area contributed by atoms with Crippen molar-refractivity contribution in [1.82, 2.24) is 14.7 Å². The molecule has 0 N–H and O–H groups in total. The van der Waals surface area contributed by atoms with Gasteiger partial charge in [0.2, 0.25) is 0 Å². The molecule has 0 saturated carbocycles. The van der Waals surface area contributed by atoms with Gasteiger partial charge >= 0.3 is 12.2 Å². The Kier molecular flexibility index (Phi) is 7.60. The Morgan fingerprint density at radius 3 is 2.61 bits per heavy atom. The van der Waals surface area contributed by atoms with Crippen LogP contribution in [0.25, 0.3) is 0 Å². The molecule has 0 bridgehead atoms. The van der Waals surface area contributed by atoms with Gasteiger partial charge < -0.3 is 24.2 Å². The van der Waals surface area contributed by atoms with Crippen LogP contribution in [0, 0.1) is 0 Å². The summed E-state index contributed by atoms with van der Waals surface area (Å²) in [6, 6.07) is 16.6. The summed E-state index contributed by atoms with van der Waals surface area (Å²) < 4.78 is 10.6. The molecular formula is C28H36N4O4. The average molecular weight is 493 g/mol. The molecule has 8 heteroatoms. The van der Waals surface area contributed by atoms with Gasteiger partial charge in [-0.15, -0.1) is 0 Å². The minimum atomic E-state index is -0.280. The lowest BCUT2D eigenvalue weighted by Gasteiger charge is -2.38. The van der Waals surface area contributed by atoms with Crippen LogP contribution in [-0.4, -0.2) is 86.4 Å². The Morgan fingerprint density at radius 1 is 1.06 bits per heavy atom. The third kappa shape index (κ3) is 5.59. The summed E-state index contributed by atoms with van der Waals surface area (Å²) in [5.74, 6) is 0. The number of aryl methyl sites for hydroxylation is 1. The molecule has 1 atom stereocenters. The summed E-state index contributed by atoms with van der Waals surface area (Å²) in [5, 5.41) is 0. The van der Waals surface area contributed by atoms with E-state index in [0.717, 1.165) is 64.1 Å². The largest absolute Gasteiger partial charge is 0.448 e. The Labute approximate surface area is 213 Å². The van der Waals surface area contributed by atoms with Gasteiger partial charge in [-0.05, 0) is 48.1 Å². The van der Waals surface area contributed by atoms with Gasteiger partial charge in [0.1, 0.15) is 13.2 Å². The zero-order valence-corrected chi connectivity index (χ0v) is 21.1. The van der Waals surface area contributed by atoms with Gasteiger partial charge in [-0.2, -0.15) is 0 Å². The monoisotopic (exact) mass is 492 g/mol. The molecule has 3 aliphatic rings. The fourth-order valence-electron chi connectivity index (χ4n) is 5.43. The van der Waals surface area contributed by atoms with E-state index in [4.69, 9.17) is 9.47 Å². The molecule has 2 aliphatic heterocycles. The van der Waals surface area contributed by atoms with Crippen LogP contribution in [-0.2, 0) is 22.5 Å². The van der Waals surface area contributed by atoms with Crippen molar-refractivity contribution < 1.29 is 19.1 Å². The predicted octanol–water partition coefficient (Wildman–Crippen LogP) is 3.91. The molecule has 36 heavy (non-hydrogen) atoms. The van der Waals surface area contributed by atoms with E-state index in [9.17, 15) is 9.59 Å². The van der Waals surface area contributed by atoms with E-state index in [1.54, 1.807) is 9.80 Å². The highest BCUT2D eigenvalue weighted by Crippen LogP contribution is 2.36. The van der Waals surface area contributed by atoms with Crippen molar-refractivity contribution in [1.29, 1.82) is 0 Å². The standard InChI is InChI=1S/C28H36N4O4/c1-29(27(33)36-21-22-6-3-2-4-7-22)26-9-5-8-23-10-11-24(20-25(23)26)31-15-12-30(13-16-31)14-17-32-18-19-35-28(32)34/h2-4,6-7,10-11,20,26H,5,8-9,12-19,21H2,1H3. The Balaban J connectivity index is 1.18. The topological polar surface area (TPSA) is 65.6 Å². The molecule has 2 aromatic carbocycles. The van der Waals surface area contributed by atoms with Gasteiger partial charge in [-0.25, -0.2) is 9.59 Å². The summed E-state index contributed by atoms with van der Waals surface area (Å²) in [4.78, 5) is 33.0. The molecule has 2 saturated heterocycles. The van der Waals surface area contributed by atoms with Crippen molar-refractivity contribution in [3.05, 3.63) is 65.2 Å². The molecule has 1 aliphatic carbocycles. The number of hydrogen-bond donors (Lipinski definition) is 0. The summed E-state index contributed by atoms with van der Waals surface area (Å²) in [6.45, 7) is 6.93. The fraction of sp³-hybridized carbons (Fsp3) is 0.500. The molecular weight excluding hydrogens is 456 g/mol. The maximum Gasteiger partial charge on any atom is 0.410 e. The van der Waals surface area contributed by atoms with Gasteiger partial charge in [0, 0.05) is 52.0 Å². The number of rotatable bonds is 7. The summed E-state index contributed by atoms with van der Waals surface area (Å²) in [5.41, 5.74) is 4.78. The number of anilines is 1. The second kappa shape index (κ2) is 11.2. The first-order chi connectivity index (χ1) is 17.6. The minimum absolute atomic E-state index is 0.0264. The molecule has 2 fully saturated rings. The van der Waals surface area contributed by atoms with E-state index < -0.39 is 0 Å². The van der Waals surface area contributed by atoms with Crippen LogP contribution >= 0.6 is 0 Å². The van der Waals surface area contributed by atoms with Crippen LogP contribution in [0.1, 0.15) is 35.6 Å². The molecule has 2 heterocycles. The number of carbonyl (C=O) groups is 2. The smallest absolute Gasteiger partial charge is 0.410 e. The number of carbonyl (C=O) groups excluding carboxylic acids is 2. The van der Waals surface area contributed by atoms with E-state index in [1.807, 2.05) is 37.4 Å². The zero-order valence-electron chi connectivity index (χ0n) is 21.1. The molecule has 5 rings (SSSR count). The third-order valence-corrected chi connectivity index (χ3v) is 7.64. The minimum Gasteiger partial charge on any atom is -0.448 e. The molecule has 2 aromatic rings. The highest BCUT2D eigenvalue weighted by atomic mass is 16.6. The Bertz CT molecular complexity index is 1050. The Hall–Kier alpha value is -3.26. The van der Waals surface area contributed by atoms with Crippen molar-refractivity contribution in [2.24, 2.45) is 0 Å². The van der Waals surface area contributed by atoms with Crippen LogP contribution in [0.3, 0.4) is 0 Å². The van der Waals surface area contributed by atoms with Gasteiger partial charge in [0.15, 0.2) is 0 Å². The molecule has 2 amide bonds. The molecule has 0 spiro atoms. The average Bonchev–Trinajstić information content (AvgIpc) is 3.34. The lowest BCUT2D eigenvalue weighted by molar-refractivity contribution is 0.0876. The number of piperazine rings is 1. The number of cyclic esters (lactones) is 1. The number of hydrogen-bond acceptors (Lipinski definition) is 6. The van der Waals surface area contributed by atoms with Crippen molar-refractivity contribution in [3.8, 4) is 0 Å². The zero-order chi connectivity index (χ0) is 24.9. The van der Waals surface area contributed by atoms with Crippen molar-refractivity contribution in [3.63, 3.8) is 0 Å². The van der Waals surface area contributed by atoms with Crippen molar-refractivity contribution in [2.75, 3.05) is 64.4 Å². The van der Waals surface area contributed by atoms with Crippen LogP contribution in [0.2, 0.25) is 0 Å². The lowest BCUT2D eigenvalue weighted by Crippen LogP contribution is -2.48. The number of benzene rings is 2. The normalized spacial score (nSPS) is 20.1. The summed E-state index contributed by atoms with van der Waals surface area (Å²) >= 11 is 0. The van der Waals surface area contributed by atoms with Crippen LogP contribution in [0.15, 0.2) is 48.5 Å². The Morgan fingerprint density at radius 2 is 1.86 bits per heavy atom. The third-order valence-electron chi connectivity index (χ3n) is 7.64. The van der Waals surface area contributed by atoms with Gasteiger partial charge in [-0.1, -0.05) is 36.4 Å². The number of fused-ring (bicyclic) bond motifs is 1. The summed E-state index contributed by atoms with van der Waals surface area (Å²) in [7, 11) is 1.86. The van der Waals surface area contributed by atoms with E-state index in [1.165, 1.54) is 16.8 Å². The van der Waals surface area contributed by atoms with Crippen LogP contribution in [0.4, 0.5) is 15.3 Å². The molecule has 0 radical (unpaired) electrons. The number of amides is 2. The van der Waals surface area contributed by atoms with E-state index in [2.05, 4.69) is 28.0 Å². The van der Waals surface area contributed by atoms with E-state index in [0.29, 0.717) is 13.2 Å². The number of nitrogens with zero attached hydrogens (tertiary/aromatic N) is 4. The van der Waals surface area contributed by atoms with Crippen molar-refractivity contribution in [2.45, 2.75) is 31.9 Å². The highest BCUT2D eigenvalue weighted by Gasteiger charge is 2.29. The fourth-order valence-corrected chi connectivity index (χ4v) is 5.43. The quantitative estimate of drug-likeness (QED) is 0.584. The van der Waals surface area contributed by atoms with E-state index in [-0.39, 0.29) is 24.8 Å². The maximum absolute atomic E-state index is 12.9. The second-order valence-electron chi connectivity index (χ2n) is 9.87. The molecule has 192 valence electrons. The first-order valence-corrected chi connectivity index (χ1v) is 13.0. The lowest BCUT2D eigenvalue weighted by atomic mass is 9.86. The molecule has 8 nitrogen and oxygen atoms in total. The predicted molar refractivity (Wildman–Crippen MR) is 138 cm³/mol. The summed E-state index contributed by atoms with van der Waals surface area (Å²) in [6.07, 6.45) is 2.59. The van der Waals surface area contributed by atoms with Crippen LogP contribution in [0.5, 0.6) is 0 Å². The first kappa shape index (κ1) is 24.4. The van der Waals surface area contributed by atoms with Crippen molar-refractivity contribution >= 4 is 17.9 Å². The van der Waals surface area contributed by atoms with E-state index >= 15 is 0 Å². The highest BCUT2D eigenvalue weighted by molar-refractivity contribution is 5.69. The van der Waals surface area contributed by atoms with Gasteiger partial charge in [-0.3, -0.25) is 4.90 Å². The first-order valence-electron chi connectivity index (χ1n) is 13.0. The number of ether oxygens (including phenoxy) is 2. The molecule has 1 unspecified atom stereocenters. The molecule has 0 aromatic heterocycles. The maximum atomic E-state index is 12.9. The van der Waals surface area contributed by atoms with Gasteiger partial charge in [0.05, 0.1) is 12.6 Å². The SMILES string of the molecule is CN(C(=O)OCc1ccccc1)C1CCCc2ccc(N3CCN(CCN4CCOC4=O)CC3)cc21.